The van der Waals surface area contributed by atoms with Crippen molar-refractivity contribution in [1.82, 2.24) is 31.9 Å². The van der Waals surface area contributed by atoms with Gasteiger partial charge in [-0.1, -0.05) is 38.5 Å². The van der Waals surface area contributed by atoms with Crippen LogP contribution in [0.4, 0.5) is 0 Å². The molecule has 0 bridgehead atoms. The van der Waals surface area contributed by atoms with Crippen molar-refractivity contribution in [3.63, 3.8) is 0 Å². The first-order valence-corrected chi connectivity index (χ1v) is 50.1. The van der Waals surface area contributed by atoms with E-state index in [1.54, 1.807) is 6.92 Å². The van der Waals surface area contributed by atoms with Gasteiger partial charge in [-0.15, -0.1) is 0 Å². The van der Waals surface area contributed by atoms with E-state index in [1.165, 1.54) is 6.92 Å². The number of unbranched alkanes of at least 4 members (excludes halogenated alkanes) is 9. The van der Waals surface area contributed by atoms with Crippen LogP contribution in [0.3, 0.4) is 0 Å². The summed E-state index contributed by atoms with van der Waals surface area (Å²) < 4.78 is 190. The van der Waals surface area contributed by atoms with Crippen LogP contribution in [0.1, 0.15) is 124 Å². The number of phosphoric ester groups is 5. The molecule has 6 amide bonds. The fourth-order valence-electron chi connectivity index (χ4n) is 13.7. The van der Waals surface area contributed by atoms with E-state index < -0.39 is 308 Å². The highest BCUT2D eigenvalue weighted by molar-refractivity contribution is 7.48. The number of aliphatic hydroxyl groups is 10. The summed E-state index contributed by atoms with van der Waals surface area (Å²) in [5, 5.41) is 116. The maximum absolute atomic E-state index is 13.5. The molecular weight excluding hydrogens is 1880 g/mol. The number of amides is 6. The van der Waals surface area contributed by atoms with E-state index in [-0.39, 0.29) is 78.5 Å². The Morgan fingerprint density at radius 1 is 0.321 bits per heavy atom. The molecule has 29 atom stereocenters. The molecule has 0 spiro atoms. The minimum Gasteiger partial charge on any atom is -0.394 e. The molecule has 0 aromatic carbocycles. The lowest BCUT2D eigenvalue weighted by Crippen LogP contribution is -2.64. The van der Waals surface area contributed by atoms with Crippen molar-refractivity contribution in [2.45, 2.75) is 271 Å². The average molecular weight is 2010 g/mol. The zero-order valence-electron chi connectivity index (χ0n) is 72.8. The lowest BCUT2D eigenvalue weighted by molar-refractivity contribution is -0.268. The van der Waals surface area contributed by atoms with Crippen molar-refractivity contribution in [3.8, 4) is 0 Å². The van der Waals surface area contributed by atoms with Gasteiger partial charge in [-0.25, -0.2) is 22.8 Å². The highest BCUT2D eigenvalue weighted by Crippen LogP contribution is 2.53. The summed E-state index contributed by atoms with van der Waals surface area (Å²) in [5.74, 6) is -3.47. The molecule has 6 saturated heterocycles. The molecule has 0 aromatic rings. The molecule has 0 aliphatic carbocycles. The molecule has 6 rings (SSSR count). The second kappa shape index (κ2) is 59.8. The highest BCUT2D eigenvalue weighted by atomic mass is 31.2. The third-order valence-corrected chi connectivity index (χ3v) is 25.2. The van der Waals surface area contributed by atoms with E-state index in [0.717, 1.165) is 13.8 Å². The Kier molecular flexibility index (Phi) is 53.0. The van der Waals surface area contributed by atoms with Crippen LogP contribution < -0.4 is 31.9 Å². The molecular formula is C71H131N6O49P5. The summed E-state index contributed by atoms with van der Waals surface area (Å²) in [6.07, 6.45) is -23.5. The monoisotopic (exact) mass is 2010 g/mol. The van der Waals surface area contributed by atoms with Gasteiger partial charge in [0.15, 0.2) is 37.7 Å². The van der Waals surface area contributed by atoms with Crippen molar-refractivity contribution in [2.75, 3.05) is 145 Å². The molecule has 6 heterocycles. The molecule has 6 aliphatic heterocycles. The van der Waals surface area contributed by atoms with Crippen LogP contribution in [-0.4, -0.2) is 404 Å². The molecule has 764 valence electrons. The Morgan fingerprint density at radius 3 is 0.870 bits per heavy atom. The van der Waals surface area contributed by atoms with Gasteiger partial charge in [-0.05, 0) is 45.4 Å². The number of hydrogen-bond acceptors (Lipinski definition) is 44. The molecule has 6 fully saturated rings. The second-order valence-corrected chi connectivity index (χ2v) is 37.7. The standard InChI is InChI=1S/C71H131N6O49P5/c1-5-104-24-25-113-129(98,99)125-46-31-58(106-22-16-10-7-13-19-73-55(86)40-109-70-61(76-43(3)83)67(92)64(89)50(35-80)122-70)119-52(46)37-116-128(96,97)112-27-29-115-131(102,103)126-47-32-59(107-23-17-11-8-14-20-74-56(87)41-110-71-62(77-44(4)84)68(93)65(90)51(36-81)123-71)120-53(47)38-117-127(94,95)111-26-28-114-130(100,101)124-45-30-57(118-48(45)33-78)105-21-15-9-6-12-18-72-54(85)39-108-69-60(75-42(2)82)66(91)63(88)49(34-79)121-69/h45-53,57-71,78-81,88-93H,5-41H2,1-4H3,(H,72,85)(H,73,86)(H,74,87)(H,75,82)(H,76,83)(H,77,84)(H,94,95)(H,96,97)(H,98,99)(H,100,101)(H,102,103)/t45?,46?,47?,48-,49-,50-,51-,52-,53-,57-,58-,59-,60-,61-,62-,63+,64+,65+,66-,67-,68-,69-,70-,71-/m1/s1. The van der Waals surface area contributed by atoms with E-state index in [1.807, 2.05) is 0 Å². The van der Waals surface area contributed by atoms with Gasteiger partial charge in [0.05, 0.1) is 79.3 Å². The van der Waals surface area contributed by atoms with Gasteiger partial charge in [-0.2, -0.15) is 0 Å². The predicted molar refractivity (Wildman–Crippen MR) is 435 cm³/mol. The summed E-state index contributed by atoms with van der Waals surface area (Å²) in [7, 11) is -25.5. The van der Waals surface area contributed by atoms with Crippen molar-refractivity contribution in [1.29, 1.82) is 0 Å². The summed E-state index contributed by atoms with van der Waals surface area (Å²) in [5.41, 5.74) is 0. The maximum atomic E-state index is 13.5. The second-order valence-electron chi connectivity index (χ2n) is 30.6. The average Bonchev–Trinajstić information content (AvgIpc) is 1.71. The fourth-order valence-corrected chi connectivity index (χ4v) is 17.9. The minimum atomic E-state index is -5.28. The number of carbonyl (C=O) groups is 6. The zero-order valence-corrected chi connectivity index (χ0v) is 77.3. The number of aliphatic hydroxyl groups excluding tert-OH is 10. The minimum absolute atomic E-state index is 0.0150. The first-order valence-electron chi connectivity index (χ1n) is 42.7. The Labute approximate surface area is 754 Å². The summed E-state index contributed by atoms with van der Waals surface area (Å²) >= 11 is 0. The van der Waals surface area contributed by atoms with Gasteiger partial charge in [0.25, 0.3) is 0 Å². The Bertz CT molecular complexity index is 3630. The van der Waals surface area contributed by atoms with E-state index in [2.05, 4.69) is 31.9 Å². The molecule has 0 saturated carbocycles. The smallest absolute Gasteiger partial charge is 0.394 e. The van der Waals surface area contributed by atoms with Gasteiger partial charge < -0.3 is 169 Å². The Balaban J connectivity index is 0.934. The molecule has 0 aromatic heterocycles. The number of carbonyl (C=O) groups excluding carboxylic acids is 6. The van der Waals surface area contributed by atoms with E-state index in [9.17, 15) is 127 Å². The summed E-state index contributed by atoms with van der Waals surface area (Å²) in [6, 6.07) is -3.75. The van der Waals surface area contributed by atoms with Crippen LogP contribution in [0.15, 0.2) is 0 Å². The topological polar surface area (TPSA) is 776 Å². The van der Waals surface area contributed by atoms with Crippen LogP contribution in [0.2, 0.25) is 0 Å². The molecule has 8 unspecified atom stereocenters. The molecule has 55 nitrogen and oxygen atoms in total. The predicted octanol–water partition coefficient (Wildman–Crippen LogP) is -4.91. The highest BCUT2D eigenvalue weighted by Gasteiger charge is 2.51. The van der Waals surface area contributed by atoms with Crippen molar-refractivity contribution in [2.24, 2.45) is 0 Å². The molecule has 131 heavy (non-hydrogen) atoms. The van der Waals surface area contributed by atoms with E-state index >= 15 is 0 Å². The summed E-state index contributed by atoms with van der Waals surface area (Å²) in [4.78, 5) is 126. The SMILES string of the molecule is CCOCCOP(=O)(O)OC1C[C@H](OCCCCCCNC(=O)CO[C@@H]2O[C@H](CO)[C@H](O)[C@H](O)[C@H]2NC(C)=O)O[C@@H]1COP(=O)(O)OCCOP(=O)(O)OC1C[C@H](OCCCCCCNC(=O)CO[C@@H]2O[C@H](CO)[C@H](O)[C@H](O)[C@H]2NC(C)=O)O[C@@H]1COP(=O)(O)OCCOP(=O)(O)OC1C[C@H](OCCCCCCNC(=O)CO[C@@H]2O[C@H](CO)[C@H](O)[C@H](O)[C@H]2NC(C)=O)O[C@@H]1CO. The van der Waals surface area contributed by atoms with Gasteiger partial charge in [0.2, 0.25) is 35.4 Å². The third-order valence-electron chi connectivity index (χ3n) is 20.1. The van der Waals surface area contributed by atoms with Crippen molar-refractivity contribution >= 4 is 74.6 Å². The first kappa shape index (κ1) is 116. The van der Waals surface area contributed by atoms with Gasteiger partial charge >= 0.3 is 39.1 Å². The van der Waals surface area contributed by atoms with Gasteiger partial charge in [0.1, 0.15) is 130 Å². The fraction of sp³-hybridized carbons (Fsp3) is 0.915. The summed E-state index contributed by atoms with van der Waals surface area (Å²) in [6.45, 7) is -4.08. The van der Waals surface area contributed by atoms with Crippen LogP contribution in [0, 0.1) is 0 Å². The maximum Gasteiger partial charge on any atom is 0.472 e. The molecule has 21 N–H and O–H groups in total. The normalized spacial score (nSPS) is 31.6. The zero-order chi connectivity index (χ0) is 96.5. The van der Waals surface area contributed by atoms with Gasteiger partial charge in [-0.3, -0.25) is 74.0 Å². The number of rotatable bonds is 67. The Morgan fingerprint density at radius 2 is 0.588 bits per heavy atom. The molecule has 60 heteroatoms. The third kappa shape index (κ3) is 43.4. The first-order chi connectivity index (χ1) is 62.1. The molecule has 0 radical (unpaired) electrons. The van der Waals surface area contributed by atoms with Crippen molar-refractivity contribution in [3.05, 3.63) is 0 Å². The number of nitrogens with one attached hydrogen (secondary N) is 6. The lowest BCUT2D eigenvalue weighted by Gasteiger charge is -2.42. The van der Waals surface area contributed by atoms with Crippen LogP contribution >= 0.6 is 39.1 Å². The lowest BCUT2D eigenvalue weighted by atomic mass is 9.97. The number of hydrogen-bond donors (Lipinski definition) is 21. The van der Waals surface area contributed by atoms with Crippen LogP contribution in [0.25, 0.3) is 0 Å². The van der Waals surface area contributed by atoms with Crippen LogP contribution in [0.5, 0.6) is 0 Å². The number of phosphoric acid groups is 5. The molecule has 6 aliphatic rings. The number of ether oxygens (including phenoxy) is 13. The van der Waals surface area contributed by atoms with E-state index in [0.29, 0.717) is 77.0 Å². The largest absolute Gasteiger partial charge is 0.472 e. The Hall–Kier alpha value is -3.55. The van der Waals surface area contributed by atoms with Crippen molar-refractivity contribution < 1.29 is 234 Å². The van der Waals surface area contributed by atoms with Gasteiger partial charge in [0, 0.05) is 86.1 Å². The quantitative estimate of drug-likeness (QED) is 0.0200. The van der Waals surface area contributed by atoms with Crippen LogP contribution in [-0.2, 0) is 158 Å². The van der Waals surface area contributed by atoms with E-state index in [4.69, 9.17) is 107 Å².